The van der Waals surface area contributed by atoms with Crippen LogP contribution < -0.4 is 5.32 Å². The van der Waals surface area contributed by atoms with E-state index in [9.17, 15) is 4.39 Å². The third-order valence-electron chi connectivity index (χ3n) is 5.54. The van der Waals surface area contributed by atoms with E-state index in [1.165, 1.54) is 12.0 Å². The lowest BCUT2D eigenvalue weighted by Crippen LogP contribution is -2.15. The summed E-state index contributed by atoms with van der Waals surface area (Å²) in [5, 5.41) is 3.45. The van der Waals surface area contributed by atoms with Gasteiger partial charge in [0, 0.05) is 5.69 Å². The van der Waals surface area contributed by atoms with Crippen LogP contribution in [0.1, 0.15) is 63.3 Å². The summed E-state index contributed by atoms with van der Waals surface area (Å²) >= 11 is 0. The number of anilines is 2. The van der Waals surface area contributed by atoms with Gasteiger partial charge < -0.3 is 9.88 Å². The SMILES string of the molecule is C=C(C)c1ccc2c(c1)nc(Nc1ccc(C)cc1)n2Cc1ccccc1C(C)(C)F.CCC. The van der Waals surface area contributed by atoms with E-state index in [1.54, 1.807) is 13.8 Å². The first-order valence-electron chi connectivity index (χ1n) is 11.9. The van der Waals surface area contributed by atoms with Crippen LogP contribution >= 0.6 is 0 Å². The molecule has 0 unspecified atom stereocenters. The first-order chi connectivity index (χ1) is 16.1. The van der Waals surface area contributed by atoms with Gasteiger partial charge >= 0.3 is 0 Å². The van der Waals surface area contributed by atoms with Gasteiger partial charge in [-0.25, -0.2) is 9.37 Å². The molecule has 1 heterocycles. The summed E-state index contributed by atoms with van der Waals surface area (Å²) in [5.74, 6) is 0.726. The van der Waals surface area contributed by atoms with Crippen LogP contribution in [0.4, 0.5) is 16.0 Å². The lowest BCUT2D eigenvalue weighted by molar-refractivity contribution is 0.219. The van der Waals surface area contributed by atoms with Gasteiger partial charge in [-0.2, -0.15) is 0 Å². The molecule has 3 aromatic carbocycles. The van der Waals surface area contributed by atoms with Gasteiger partial charge in [-0.3, -0.25) is 0 Å². The molecule has 34 heavy (non-hydrogen) atoms. The van der Waals surface area contributed by atoms with Gasteiger partial charge in [-0.1, -0.05) is 80.4 Å². The highest BCUT2D eigenvalue weighted by atomic mass is 19.1. The highest BCUT2D eigenvalue weighted by Gasteiger charge is 2.23. The maximum Gasteiger partial charge on any atom is 0.208 e. The smallest absolute Gasteiger partial charge is 0.208 e. The Kier molecular flexibility index (Phi) is 7.93. The molecule has 0 saturated carbocycles. The van der Waals surface area contributed by atoms with Crippen LogP contribution in [-0.2, 0) is 12.2 Å². The predicted octanol–water partition coefficient (Wildman–Crippen LogP) is 8.79. The fourth-order valence-electron chi connectivity index (χ4n) is 3.83. The summed E-state index contributed by atoms with van der Waals surface area (Å²) in [6, 6.07) is 22.1. The van der Waals surface area contributed by atoms with Gasteiger partial charge in [0.25, 0.3) is 0 Å². The number of fused-ring (bicyclic) bond motifs is 1. The van der Waals surface area contributed by atoms with Gasteiger partial charge in [0.2, 0.25) is 5.95 Å². The molecule has 3 nitrogen and oxygen atoms in total. The van der Waals surface area contributed by atoms with E-state index in [1.807, 2.05) is 43.3 Å². The Balaban J connectivity index is 0.00000103. The molecule has 0 amide bonds. The van der Waals surface area contributed by atoms with E-state index in [4.69, 9.17) is 4.98 Å². The Hall–Kier alpha value is -3.40. The molecule has 0 radical (unpaired) electrons. The number of benzene rings is 3. The molecule has 4 heteroatoms. The molecule has 1 N–H and O–H groups in total. The van der Waals surface area contributed by atoms with Crippen LogP contribution in [-0.4, -0.2) is 9.55 Å². The molecule has 1 aromatic heterocycles. The number of nitrogens with zero attached hydrogens (tertiary/aromatic N) is 2. The van der Waals surface area contributed by atoms with E-state index >= 15 is 0 Å². The van der Waals surface area contributed by atoms with E-state index in [0.29, 0.717) is 12.1 Å². The summed E-state index contributed by atoms with van der Waals surface area (Å²) in [6.45, 7) is 16.1. The molecule has 0 aliphatic heterocycles. The minimum Gasteiger partial charge on any atom is -0.326 e. The molecule has 0 aliphatic carbocycles. The number of aryl methyl sites for hydroxylation is 1. The normalized spacial score (nSPS) is 11.1. The summed E-state index contributed by atoms with van der Waals surface area (Å²) in [6.07, 6.45) is 1.25. The highest BCUT2D eigenvalue weighted by Crippen LogP contribution is 2.31. The Labute approximate surface area is 203 Å². The standard InChI is InChI=1S/C27H28FN3.C3H8/c1-18(2)20-12-15-25-24(16-20)30-26(29-22-13-10-19(3)11-14-22)31(25)17-21-8-6-7-9-23(21)27(4,5)28;1-3-2/h6-16H,1,17H2,2-5H3,(H,29,30);3H2,1-2H3. The molecule has 0 atom stereocenters. The van der Waals surface area contributed by atoms with Crippen LogP contribution in [0.3, 0.4) is 0 Å². The molecule has 4 rings (SSSR count). The summed E-state index contributed by atoms with van der Waals surface area (Å²) in [7, 11) is 0. The minimum absolute atomic E-state index is 0.515. The number of halogens is 1. The molecule has 0 bridgehead atoms. The Morgan fingerprint density at radius 2 is 1.68 bits per heavy atom. The Morgan fingerprint density at radius 3 is 2.29 bits per heavy atom. The zero-order valence-corrected chi connectivity index (χ0v) is 21.2. The monoisotopic (exact) mass is 457 g/mol. The van der Waals surface area contributed by atoms with Gasteiger partial charge in [-0.15, -0.1) is 0 Å². The third-order valence-corrected chi connectivity index (χ3v) is 5.54. The van der Waals surface area contributed by atoms with Crippen LogP contribution in [0, 0.1) is 6.92 Å². The van der Waals surface area contributed by atoms with Crippen molar-refractivity contribution in [3.05, 3.63) is 95.6 Å². The Morgan fingerprint density at radius 1 is 1.03 bits per heavy atom. The molecule has 0 aliphatic rings. The predicted molar refractivity (Wildman–Crippen MR) is 145 cm³/mol. The zero-order valence-electron chi connectivity index (χ0n) is 21.2. The number of aromatic nitrogens is 2. The largest absolute Gasteiger partial charge is 0.326 e. The van der Waals surface area contributed by atoms with Crippen molar-refractivity contribution in [1.82, 2.24) is 9.55 Å². The highest BCUT2D eigenvalue weighted by molar-refractivity contribution is 5.83. The van der Waals surface area contributed by atoms with Gasteiger partial charge in [0.1, 0.15) is 5.67 Å². The summed E-state index contributed by atoms with van der Waals surface area (Å²) in [5.41, 5.74) is 6.29. The van der Waals surface area contributed by atoms with Crippen molar-refractivity contribution in [2.24, 2.45) is 0 Å². The number of nitrogens with one attached hydrogen (secondary N) is 1. The minimum atomic E-state index is -1.43. The van der Waals surface area contributed by atoms with E-state index in [0.717, 1.165) is 39.4 Å². The lowest BCUT2D eigenvalue weighted by atomic mass is 9.94. The maximum atomic E-state index is 14.9. The number of alkyl halides is 1. The molecule has 178 valence electrons. The number of imidazole rings is 1. The summed E-state index contributed by atoms with van der Waals surface area (Å²) in [4.78, 5) is 4.88. The fraction of sp³-hybridized carbons (Fsp3) is 0.300. The van der Waals surface area contributed by atoms with Crippen molar-refractivity contribution in [1.29, 1.82) is 0 Å². The zero-order chi connectivity index (χ0) is 24.9. The third kappa shape index (κ3) is 5.93. The van der Waals surface area contributed by atoms with E-state index in [-0.39, 0.29) is 0 Å². The van der Waals surface area contributed by atoms with Crippen LogP contribution in [0.5, 0.6) is 0 Å². The molecular weight excluding hydrogens is 421 g/mol. The lowest BCUT2D eigenvalue weighted by Gasteiger charge is -2.20. The van der Waals surface area contributed by atoms with Crippen molar-refractivity contribution in [2.45, 2.75) is 60.2 Å². The first-order valence-corrected chi connectivity index (χ1v) is 11.9. The molecule has 4 aromatic rings. The fourth-order valence-corrected chi connectivity index (χ4v) is 3.83. The van der Waals surface area contributed by atoms with Gasteiger partial charge in [0.15, 0.2) is 0 Å². The van der Waals surface area contributed by atoms with Crippen molar-refractivity contribution in [3.8, 4) is 0 Å². The van der Waals surface area contributed by atoms with Crippen molar-refractivity contribution in [2.75, 3.05) is 5.32 Å². The maximum absolute atomic E-state index is 14.9. The number of hydrogen-bond acceptors (Lipinski definition) is 2. The van der Waals surface area contributed by atoms with Gasteiger partial charge in [0.05, 0.1) is 17.6 Å². The van der Waals surface area contributed by atoms with Crippen LogP contribution in [0.2, 0.25) is 0 Å². The topological polar surface area (TPSA) is 29.9 Å². The van der Waals surface area contributed by atoms with Crippen LogP contribution in [0.25, 0.3) is 16.6 Å². The van der Waals surface area contributed by atoms with Crippen molar-refractivity contribution >= 4 is 28.2 Å². The van der Waals surface area contributed by atoms with Crippen molar-refractivity contribution < 1.29 is 4.39 Å². The van der Waals surface area contributed by atoms with Crippen molar-refractivity contribution in [3.63, 3.8) is 0 Å². The second kappa shape index (κ2) is 10.7. The van der Waals surface area contributed by atoms with Gasteiger partial charge in [-0.05, 0) is 68.7 Å². The number of rotatable bonds is 6. The average Bonchev–Trinajstić information content (AvgIpc) is 3.11. The molecule has 0 saturated heterocycles. The average molecular weight is 458 g/mol. The molecular formula is C30H36FN3. The molecule has 0 fully saturated rings. The second-order valence-corrected chi connectivity index (χ2v) is 9.33. The number of allylic oxidation sites excluding steroid dienone is 1. The van der Waals surface area contributed by atoms with E-state index < -0.39 is 5.67 Å². The molecule has 0 spiro atoms. The number of hydrogen-bond donors (Lipinski definition) is 1. The Bertz CT molecular complexity index is 1260. The van der Waals surface area contributed by atoms with E-state index in [2.05, 4.69) is 67.6 Å². The summed E-state index contributed by atoms with van der Waals surface area (Å²) < 4.78 is 17.0. The second-order valence-electron chi connectivity index (χ2n) is 9.33. The van der Waals surface area contributed by atoms with Crippen LogP contribution in [0.15, 0.2) is 73.3 Å². The first kappa shape index (κ1) is 25.2. The quantitative estimate of drug-likeness (QED) is 0.313.